The van der Waals surface area contributed by atoms with Gasteiger partial charge in [-0.15, -0.1) is 0 Å². The summed E-state index contributed by atoms with van der Waals surface area (Å²) in [7, 11) is 4.77. The summed E-state index contributed by atoms with van der Waals surface area (Å²) in [4.78, 5) is 14.2. The quantitative estimate of drug-likeness (QED) is 0.575. The topological polar surface area (TPSA) is 60.0 Å². The van der Waals surface area contributed by atoms with E-state index in [-0.39, 0.29) is 0 Å². The van der Waals surface area contributed by atoms with Crippen LogP contribution in [0, 0.1) is 0 Å². The van der Waals surface area contributed by atoms with E-state index in [1.807, 2.05) is 62.5 Å². The highest BCUT2D eigenvalue weighted by molar-refractivity contribution is 7.80. The molecule has 0 saturated carbocycles. The van der Waals surface area contributed by atoms with Crippen molar-refractivity contribution in [2.75, 3.05) is 21.3 Å². The molecular weight excluding hydrogens is 388 g/mol. The summed E-state index contributed by atoms with van der Waals surface area (Å²) in [6, 6.07) is 15.0. The Balaban J connectivity index is 1.91. The van der Waals surface area contributed by atoms with Gasteiger partial charge in [0, 0.05) is 12.7 Å². The number of carbonyl (C=O) groups excluding carboxylic acids is 1. The van der Waals surface area contributed by atoms with Gasteiger partial charge in [-0.3, -0.25) is 0 Å². The molecule has 0 aromatic heterocycles. The average molecular weight is 413 g/mol. The second-order valence-electron chi connectivity index (χ2n) is 6.62. The van der Waals surface area contributed by atoms with Gasteiger partial charge in [0.05, 0.1) is 25.8 Å². The van der Waals surface area contributed by atoms with Crippen LogP contribution in [-0.4, -0.2) is 37.2 Å². The van der Waals surface area contributed by atoms with Crippen LogP contribution in [0.5, 0.6) is 11.5 Å². The van der Waals surface area contributed by atoms with E-state index in [0.29, 0.717) is 28.8 Å². The van der Waals surface area contributed by atoms with E-state index in [1.165, 1.54) is 7.11 Å². The van der Waals surface area contributed by atoms with Crippen LogP contribution in [0.25, 0.3) is 0 Å². The minimum Gasteiger partial charge on any atom is -0.493 e. The molecule has 2 aromatic carbocycles. The Morgan fingerprint density at radius 3 is 2.52 bits per heavy atom. The van der Waals surface area contributed by atoms with Crippen molar-refractivity contribution >= 4 is 23.3 Å². The molecule has 1 aliphatic rings. The van der Waals surface area contributed by atoms with E-state index in [2.05, 4.69) is 5.32 Å². The molecule has 1 aliphatic heterocycles. The van der Waals surface area contributed by atoms with Crippen molar-refractivity contribution in [1.82, 2.24) is 10.2 Å². The third-order valence-electron chi connectivity index (χ3n) is 4.92. The molecule has 6 nitrogen and oxygen atoms in total. The van der Waals surface area contributed by atoms with Crippen molar-refractivity contribution in [3.05, 3.63) is 70.9 Å². The maximum absolute atomic E-state index is 12.4. The van der Waals surface area contributed by atoms with Crippen LogP contribution in [0.15, 0.2) is 59.8 Å². The summed E-state index contributed by atoms with van der Waals surface area (Å²) in [5.41, 5.74) is 3.13. The Labute approximate surface area is 176 Å². The molecule has 7 heteroatoms. The molecule has 152 valence electrons. The number of nitrogens with one attached hydrogen (secondary N) is 1. The standard InChI is InChI=1S/C22H24N2O4S/c1-14-19(21(25)27-4)20(23-22(29)24(14)2)16-10-11-17(18(12-16)26-3)28-13-15-8-6-5-7-9-15/h5-12,20H,13H2,1-4H3,(H,23,29)/t20-/m0/s1. The van der Waals surface area contributed by atoms with E-state index < -0.39 is 12.0 Å². The number of thiocarbonyl (C=S) groups is 1. The maximum Gasteiger partial charge on any atom is 0.337 e. The van der Waals surface area contributed by atoms with Gasteiger partial charge in [0.25, 0.3) is 0 Å². The fourth-order valence-corrected chi connectivity index (χ4v) is 3.43. The predicted molar refractivity (Wildman–Crippen MR) is 115 cm³/mol. The number of allylic oxidation sites excluding steroid dienone is 1. The lowest BCUT2D eigenvalue weighted by Crippen LogP contribution is -2.46. The van der Waals surface area contributed by atoms with E-state index >= 15 is 0 Å². The minimum atomic E-state index is -0.441. The van der Waals surface area contributed by atoms with Gasteiger partial charge < -0.3 is 24.4 Å². The highest BCUT2D eigenvalue weighted by Gasteiger charge is 2.33. The van der Waals surface area contributed by atoms with E-state index in [1.54, 1.807) is 12.0 Å². The lowest BCUT2D eigenvalue weighted by Gasteiger charge is -2.35. The molecule has 3 rings (SSSR count). The normalized spacial score (nSPS) is 16.3. The lowest BCUT2D eigenvalue weighted by molar-refractivity contribution is -0.136. The number of hydrogen-bond donors (Lipinski definition) is 1. The zero-order valence-electron chi connectivity index (χ0n) is 16.9. The first-order chi connectivity index (χ1) is 14.0. The second kappa shape index (κ2) is 8.96. The summed E-state index contributed by atoms with van der Waals surface area (Å²) in [6.45, 7) is 2.28. The van der Waals surface area contributed by atoms with Gasteiger partial charge in [0.2, 0.25) is 0 Å². The molecule has 0 bridgehead atoms. The highest BCUT2D eigenvalue weighted by atomic mass is 32.1. The molecular formula is C22H24N2O4S. The Kier molecular flexibility index (Phi) is 6.39. The Morgan fingerprint density at radius 1 is 1.14 bits per heavy atom. The van der Waals surface area contributed by atoms with Crippen LogP contribution in [0.3, 0.4) is 0 Å². The number of rotatable bonds is 6. The molecule has 0 saturated heterocycles. The second-order valence-corrected chi connectivity index (χ2v) is 7.00. The highest BCUT2D eigenvalue weighted by Crippen LogP contribution is 2.36. The number of nitrogens with zero attached hydrogens (tertiary/aromatic N) is 1. The summed E-state index contributed by atoms with van der Waals surface area (Å²) >= 11 is 5.41. The van der Waals surface area contributed by atoms with Crippen molar-refractivity contribution in [2.45, 2.75) is 19.6 Å². The first-order valence-electron chi connectivity index (χ1n) is 9.14. The predicted octanol–water partition coefficient (Wildman–Crippen LogP) is 3.58. The van der Waals surface area contributed by atoms with Gasteiger partial charge in [-0.1, -0.05) is 36.4 Å². The molecule has 0 radical (unpaired) electrons. The monoisotopic (exact) mass is 412 g/mol. The number of ether oxygens (including phenoxy) is 3. The first-order valence-corrected chi connectivity index (χ1v) is 9.55. The smallest absolute Gasteiger partial charge is 0.337 e. The SMILES string of the molecule is COC(=O)C1=C(C)N(C)C(=S)N[C@H]1c1ccc(OCc2ccccc2)c(OC)c1. The average Bonchev–Trinajstić information content (AvgIpc) is 2.75. The van der Waals surface area contributed by atoms with Crippen LogP contribution in [0.1, 0.15) is 24.1 Å². The number of methoxy groups -OCH3 is 2. The van der Waals surface area contributed by atoms with Crippen molar-refractivity contribution in [1.29, 1.82) is 0 Å². The van der Waals surface area contributed by atoms with Crippen molar-refractivity contribution in [3.8, 4) is 11.5 Å². The number of hydrogen-bond acceptors (Lipinski definition) is 5. The summed E-state index contributed by atoms with van der Waals surface area (Å²) in [6.07, 6.45) is 0. The van der Waals surface area contributed by atoms with Crippen LogP contribution in [0.2, 0.25) is 0 Å². The number of benzene rings is 2. The first kappa shape index (κ1) is 20.7. The zero-order valence-corrected chi connectivity index (χ0v) is 17.7. The molecule has 0 fully saturated rings. The molecule has 1 N–H and O–H groups in total. The van der Waals surface area contributed by atoms with Gasteiger partial charge in [0.15, 0.2) is 16.6 Å². The summed E-state index contributed by atoms with van der Waals surface area (Å²) in [5, 5.41) is 3.74. The summed E-state index contributed by atoms with van der Waals surface area (Å²) in [5.74, 6) is 0.792. The largest absolute Gasteiger partial charge is 0.493 e. The van der Waals surface area contributed by atoms with Crippen molar-refractivity contribution in [3.63, 3.8) is 0 Å². The van der Waals surface area contributed by atoms with E-state index in [4.69, 9.17) is 26.4 Å². The Bertz CT molecular complexity index is 943. The van der Waals surface area contributed by atoms with E-state index in [9.17, 15) is 4.79 Å². The lowest BCUT2D eigenvalue weighted by atomic mass is 9.95. The zero-order chi connectivity index (χ0) is 21.0. The maximum atomic E-state index is 12.4. The molecule has 0 unspecified atom stereocenters. The number of carbonyl (C=O) groups is 1. The Hall–Kier alpha value is -3.06. The van der Waals surface area contributed by atoms with Gasteiger partial charge in [-0.25, -0.2) is 4.79 Å². The molecule has 1 atom stereocenters. The van der Waals surface area contributed by atoms with Crippen LogP contribution in [-0.2, 0) is 16.1 Å². The number of esters is 1. The molecule has 1 heterocycles. The molecule has 29 heavy (non-hydrogen) atoms. The van der Waals surface area contributed by atoms with Crippen molar-refractivity contribution < 1.29 is 19.0 Å². The van der Waals surface area contributed by atoms with Gasteiger partial charge in [-0.2, -0.15) is 0 Å². The van der Waals surface area contributed by atoms with Crippen LogP contribution in [0.4, 0.5) is 0 Å². The molecule has 0 amide bonds. The molecule has 0 aliphatic carbocycles. The summed E-state index contributed by atoms with van der Waals surface area (Å²) < 4.78 is 16.5. The van der Waals surface area contributed by atoms with E-state index in [0.717, 1.165) is 16.8 Å². The molecule has 2 aromatic rings. The Morgan fingerprint density at radius 2 is 1.86 bits per heavy atom. The van der Waals surface area contributed by atoms with Gasteiger partial charge >= 0.3 is 5.97 Å². The minimum absolute atomic E-state index is 0.405. The fraction of sp³-hybridized carbons (Fsp3) is 0.273. The molecule has 0 spiro atoms. The fourth-order valence-electron chi connectivity index (χ4n) is 3.18. The van der Waals surface area contributed by atoms with Crippen molar-refractivity contribution in [2.24, 2.45) is 0 Å². The van der Waals surface area contributed by atoms with Gasteiger partial charge in [0.1, 0.15) is 6.61 Å². The van der Waals surface area contributed by atoms with Crippen LogP contribution >= 0.6 is 12.2 Å². The van der Waals surface area contributed by atoms with Gasteiger partial charge in [-0.05, 0) is 42.4 Å². The third-order valence-corrected chi connectivity index (χ3v) is 5.31. The third kappa shape index (κ3) is 4.35. The van der Waals surface area contributed by atoms with Crippen LogP contribution < -0.4 is 14.8 Å².